The minimum atomic E-state index is -0.151. The molecular formula is C11H14O2. The summed E-state index contributed by atoms with van der Waals surface area (Å²) >= 11 is 0. The van der Waals surface area contributed by atoms with Gasteiger partial charge in [0.1, 0.15) is 0 Å². The van der Waals surface area contributed by atoms with E-state index in [2.05, 4.69) is 13.5 Å². The highest BCUT2D eigenvalue weighted by molar-refractivity contribution is 5.13. The lowest BCUT2D eigenvalue weighted by atomic mass is 10.0. The van der Waals surface area contributed by atoms with E-state index in [9.17, 15) is 0 Å². The van der Waals surface area contributed by atoms with E-state index in [1.165, 1.54) is 0 Å². The van der Waals surface area contributed by atoms with E-state index >= 15 is 0 Å². The molecule has 0 spiro atoms. The second kappa shape index (κ2) is 3.04. The van der Waals surface area contributed by atoms with Crippen LogP contribution in [0.2, 0.25) is 0 Å². The number of rotatable bonds is 2. The van der Waals surface area contributed by atoms with Crippen molar-refractivity contribution in [1.29, 1.82) is 0 Å². The van der Waals surface area contributed by atoms with Crippen LogP contribution in [0.3, 0.4) is 0 Å². The highest BCUT2D eigenvalue weighted by atomic mass is 16.5. The second-order valence-electron chi connectivity index (χ2n) is 3.72. The van der Waals surface area contributed by atoms with Gasteiger partial charge in [-0.05, 0) is 25.8 Å². The van der Waals surface area contributed by atoms with E-state index in [0.717, 1.165) is 18.4 Å². The highest BCUT2D eigenvalue weighted by Crippen LogP contribution is 2.39. The molecule has 0 aliphatic carbocycles. The molecule has 1 aliphatic rings. The molecule has 2 atom stereocenters. The van der Waals surface area contributed by atoms with Crippen molar-refractivity contribution in [2.24, 2.45) is 0 Å². The lowest BCUT2D eigenvalue weighted by molar-refractivity contribution is 0.00384. The van der Waals surface area contributed by atoms with Crippen molar-refractivity contribution in [2.45, 2.75) is 31.5 Å². The Balaban J connectivity index is 2.11. The van der Waals surface area contributed by atoms with Gasteiger partial charge in [0.15, 0.2) is 0 Å². The Morgan fingerprint density at radius 2 is 2.54 bits per heavy atom. The van der Waals surface area contributed by atoms with Crippen molar-refractivity contribution in [1.82, 2.24) is 0 Å². The molecule has 0 amide bonds. The van der Waals surface area contributed by atoms with Gasteiger partial charge in [0.2, 0.25) is 0 Å². The van der Waals surface area contributed by atoms with Crippen LogP contribution in [-0.2, 0) is 4.74 Å². The van der Waals surface area contributed by atoms with Crippen LogP contribution in [-0.4, -0.2) is 5.60 Å². The SMILES string of the molecule is C=C[C@@]1(C)CC[C@H](c2ccoc2)O1. The molecule has 0 N–H and O–H groups in total. The first-order valence-corrected chi connectivity index (χ1v) is 4.57. The van der Waals surface area contributed by atoms with Crippen molar-refractivity contribution in [3.63, 3.8) is 0 Å². The van der Waals surface area contributed by atoms with Gasteiger partial charge >= 0.3 is 0 Å². The van der Waals surface area contributed by atoms with Crippen LogP contribution in [0.5, 0.6) is 0 Å². The van der Waals surface area contributed by atoms with Gasteiger partial charge in [0, 0.05) is 5.56 Å². The first kappa shape index (κ1) is 8.57. The van der Waals surface area contributed by atoms with E-state index in [-0.39, 0.29) is 11.7 Å². The molecule has 13 heavy (non-hydrogen) atoms. The fourth-order valence-electron chi connectivity index (χ4n) is 1.70. The molecular weight excluding hydrogens is 164 g/mol. The van der Waals surface area contributed by atoms with Crippen molar-refractivity contribution < 1.29 is 9.15 Å². The summed E-state index contributed by atoms with van der Waals surface area (Å²) in [6.45, 7) is 5.85. The molecule has 70 valence electrons. The monoisotopic (exact) mass is 178 g/mol. The fourth-order valence-corrected chi connectivity index (χ4v) is 1.70. The third-order valence-corrected chi connectivity index (χ3v) is 2.66. The summed E-state index contributed by atoms with van der Waals surface area (Å²) in [4.78, 5) is 0. The Bertz CT molecular complexity index is 289. The standard InChI is InChI=1S/C11H14O2/c1-3-11(2)6-4-10(13-11)9-5-7-12-8-9/h3,5,7-8,10H,1,4,6H2,2H3/t10-,11+/m1/s1. The highest BCUT2D eigenvalue weighted by Gasteiger charge is 2.34. The van der Waals surface area contributed by atoms with E-state index in [4.69, 9.17) is 9.15 Å². The van der Waals surface area contributed by atoms with Gasteiger partial charge in [-0.15, -0.1) is 6.58 Å². The Morgan fingerprint density at radius 1 is 1.69 bits per heavy atom. The maximum atomic E-state index is 5.86. The molecule has 1 aromatic rings. The van der Waals surface area contributed by atoms with Gasteiger partial charge in [-0.3, -0.25) is 0 Å². The van der Waals surface area contributed by atoms with Gasteiger partial charge in [0.25, 0.3) is 0 Å². The normalized spacial score (nSPS) is 33.5. The Kier molecular flexibility index (Phi) is 2.00. The number of ether oxygens (including phenoxy) is 1. The van der Waals surface area contributed by atoms with Crippen LogP contribution in [0, 0.1) is 0 Å². The zero-order chi connectivity index (χ0) is 9.31. The summed E-state index contributed by atoms with van der Waals surface area (Å²) in [5.74, 6) is 0. The molecule has 2 rings (SSSR count). The number of hydrogen-bond acceptors (Lipinski definition) is 2. The van der Waals surface area contributed by atoms with Crippen molar-refractivity contribution in [3.8, 4) is 0 Å². The van der Waals surface area contributed by atoms with Gasteiger partial charge in [-0.25, -0.2) is 0 Å². The van der Waals surface area contributed by atoms with Gasteiger partial charge in [-0.2, -0.15) is 0 Å². The van der Waals surface area contributed by atoms with Crippen molar-refractivity contribution >= 4 is 0 Å². The third-order valence-electron chi connectivity index (χ3n) is 2.66. The van der Waals surface area contributed by atoms with Crippen LogP contribution in [0.1, 0.15) is 31.4 Å². The Morgan fingerprint density at radius 3 is 3.08 bits per heavy atom. The van der Waals surface area contributed by atoms with Crippen LogP contribution < -0.4 is 0 Å². The molecule has 2 nitrogen and oxygen atoms in total. The van der Waals surface area contributed by atoms with Crippen molar-refractivity contribution in [2.75, 3.05) is 0 Å². The fraction of sp³-hybridized carbons (Fsp3) is 0.455. The lowest BCUT2D eigenvalue weighted by Gasteiger charge is -2.19. The average Bonchev–Trinajstić information content (AvgIpc) is 2.73. The van der Waals surface area contributed by atoms with Crippen LogP contribution >= 0.6 is 0 Å². The molecule has 1 aromatic heterocycles. The predicted molar refractivity (Wildman–Crippen MR) is 50.4 cm³/mol. The van der Waals surface area contributed by atoms with Crippen molar-refractivity contribution in [3.05, 3.63) is 36.8 Å². The third kappa shape index (κ3) is 1.54. The van der Waals surface area contributed by atoms with Gasteiger partial charge < -0.3 is 9.15 Å². The topological polar surface area (TPSA) is 22.4 Å². The first-order chi connectivity index (χ1) is 6.23. The molecule has 0 unspecified atom stereocenters. The molecule has 0 bridgehead atoms. The van der Waals surface area contributed by atoms with Crippen LogP contribution in [0.15, 0.2) is 35.7 Å². The van der Waals surface area contributed by atoms with E-state index in [1.54, 1.807) is 12.5 Å². The zero-order valence-electron chi connectivity index (χ0n) is 7.82. The molecule has 0 radical (unpaired) electrons. The molecule has 2 heteroatoms. The summed E-state index contributed by atoms with van der Waals surface area (Å²) in [7, 11) is 0. The summed E-state index contributed by atoms with van der Waals surface area (Å²) < 4.78 is 10.9. The summed E-state index contributed by atoms with van der Waals surface area (Å²) in [5, 5.41) is 0. The summed E-state index contributed by atoms with van der Waals surface area (Å²) in [6.07, 6.45) is 7.57. The van der Waals surface area contributed by atoms with E-state index in [1.807, 2.05) is 12.1 Å². The largest absolute Gasteiger partial charge is 0.472 e. The first-order valence-electron chi connectivity index (χ1n) is 4.57. The minimum Gasteiger partial charge on any atom is -0.472 e. The molecule has 0 saturated carbocycles. The predicted octanol–water partition coefficient (Wildman–Crippen LogP) is 3.08. The number of furan rings is 1. The summed E-state index contributed by atoms with van der Waals surface area (Å²) in [6, 6.07) is 1.96. The smallest absolute Gasteiger partial charge is 0.0960 e. The maximum absolute atomic E-state index is 5.86. The lowest BCUT2D eigenvalue weighted by Crippen LogP contribution is -2.19. The number of hydrogen-bond donors (Lipinski definition) is 0. The maximum Gasteiger partial charge on any atom is 0.0960 e. The summed E-state index contributed by atoms with van der Waals surface area (Å²) in [5.41, 5.74) is 0.979. The zero-order valence-corrected chi connectivity index (χ0v) is 7.82. The van der Waals surface area contributed by atoms with Gasteiger partial charge in [0.05, 0.1) is 24.2 Å². The van der Waals surface area contributed by atoms with Crippen LogP contribution in [0.25, 0.3) is 0 Å². The minimum absolute atomic E-state index is 0.151. The average molecular weight is 178 g/mol. The van der Waals surface area contributed by atoms with E-state index in [0.29, 0.717) is 0 Å². The quantitative estimate of drug-likeness (QED) is 0.649. The molecule has 1 aliphatic heterocycles. The van der Waals surface area contributed by atoms with Gasteiger partial charge in [-0.1, -0.05) is 6.08 Å². The molecule has 1 fully saturated rings. The molecule has 0 aromatic carbocycles. The molecule has 1 saturated heterocycles. The van der Waals surface area contributed by atoms with Crippen LogP contribution in [0.4, 0.5) is 0 Å². The second-order valence-corrected chi connectivity index (χ2v) is 3.72. The van der Waals surface area contributed by atoms with E-state index < -0.39 is 0 Å². The Hall–Kier alpha value is -1.02. The molecule has 2 heterocycles. The Labute approximate surface area is 78.2 Å².